The highest BCUT2D eigenvalue weighted by molar-refractivity contribution is 5.95. The average molecular weight is 334 g/mol. The van der Waals surface area contributed by atoms with Gasteiger partial charge in [0.2, 0.25) is 0 Å². The summed E-state index contributed by atoms with van der Waals surface area (Å²) in [5.74, 6) is 1.19. The van der Waals surface area contributed by atoms with Crippen molar-refractivity contribution in [2.45, 2.75) is 70.3 Å². The molecule has 24 heavy (non-hydrogen) atoms. The summed E-state index contributed by atoms with van der Waals surface area (Å²) in [5.41, 5.74) is 0. The maximum absolute atomic E-state index is 12.9. The van der Waals surface area contributed by atoms with Gasteiger partial charge in [0, 0.05) is 0 Å². The van der Waals surface area contributed by atoms with Gasteiger partial charge in [0.1, 0.15) is 6.10 Å². The topological polar surface area (TPSA) is 52.6 Å². The molecule has 0 aliphatic heterocycles. The first-order valence-electron chi connectivity index (χ1n) is 9.94. The molecule has 0 radical (unpaired) electrons. The molecule has 6 aliphatic carbocycles. The summed E-state index contributed by atoms with van der Waals surface area (Å²) < 4.78 is 10.9. The molecule has 6 fully saturated rings. The number of fused-ring (bicyclic) bond motifs is 6. The highest BCUT2D eigenvalue weighted by Crippen LogP contribution is 2.49. The van der Waals surface area contributed by atoms with E-state index in [1.807, 2.05) is 0 Å². The van der Waals surface area contributed by atoms with Crippen molar-refractivity contribution < 1.29 is 19.1 Å². The van der Waals surface area contributed by atoms with E-state index < -0.39 is 5.92 Å². The van der Waals surface area contributed by atoms with Gasteiger partial charge in [-0.2, -0.15) is 0 Å². The predicted octanol–water partition coefficient (Wildman–Crippen LogP) is 3.72. The normalized spacial score (nSPS) is 41.7. The molecule has 4 heteroatoms. The van der Waals surface area contributed by atoms with E-state index in [9.17, 15) is 9.59 Å². The third-order valence-corrected chi connectivity index (χ3v) is 7.49. The molecule has 4 bridgehead atoms. The van der Waals surface area contributed by atoms with E-state index in [1.54, 1.807) is 0 Å². The second-order valence-electron chi connectivity index (χ2n) is 8.67. The standard InChI is InChI=1S/C20H30O4/c1-23-19(21)18(16-10-12-2-6-14(16)7-3-12)20(22)24-17-11-13-4-8-15(17)9-5-13/h12-18H,2-11H2,1H3. The number of rotatable bonds is 4. The molecule has 0 heterocycles. The summed E-state index contributed by atoms with van der Waals surface area (Å²) in [7, 11) is 1.40. The predicted molar refractivity (Wildman–Crippen MR) is 89.0 cm³/mol. The zero-order valence-electron chi connectivity index (χ0n) is 14.7. The summed E-state index contributed by atoms with van der Waals surface area (Å²) in [5, 5.41) is 0. The highest BCUT2D eigenvalue weighted by atomic mass is 16.6. The van der Waals surface area contributed by atoms with Crippen molar-refractivity contribution in [2.24, 2.45) is 35.5 Å². The molecule has 4 nitrogen and oxygen atoms in total. The number of ether oxygens (including phenoxy) is 2. The van der Waals surface area contributed by atoms with Crippen LogP contribution in [0.25, 0.3) is 0 Å². The number of hydrogen-bond donors (Lipinski definition) is 0. The lowest BCUT2D eigenvalue weighted by atomic mass is 9.61. The van der Waals surface area contributed by atoms with Gasteiger partial charge in [-0.05, 0) is 81.0 Å². The zero-order valence-corrected chi connectivity index (χ0v) is 14.7. The number of methoxy groups -OCH3 is 1. The van der Waals surface area contributed by atoms with Gasteiger partial charge in [0.05, 0.1) is 7.11 Å². The van der Waals surface area contributed by atoms with Crippen LogP contribution in [0.4, 0.5) is 0 Å². The number of hydrogen-bond acceptors (Lipinski definition) is 4. The number of esters is 2. The first-order valence-corrected chi connectivity index (χ1v) is 9.94. The SMILES string of the molecule is COC(=O)C(C(=O)OC1CC2CCC1CC2)C1CC2CCC1CC2. The lowest BCUT2D eigenvalue weighted by molar-refractivity contribution is -0.175. The van der Waals surface area contributed by atoms with E-state index in [2.05, 4.69) is 0 Å². The van der Waals surface area contributed by atoms with Gasteiger partial charge >= 0.3 is 11.9 Å². The van der Waals surface area contributed by atoms with Crippen LogP contribution in [0.1, 0.15) is 64.2 Å². The van der Waals surface area contributed by atoms with E-state index in [4.69, 9.17) is 9.47 Å². The van der Waals surface area contributed by atoms with Gasteiger partial charge in [-0.3, -0.25) is 9.59 Å². The van der Waals surface area contributed by atoms with E-state index in [-0.39, 0.29) is 24.0 Å². The van der Waals surface area contributed by atoms with Crippen LogP contribution in [0.2, 0.25) is 0 Å². The maximum atomic E-state index is 12.9. The van der Waals surface area contributed by atoms with Gasteiger partial charge in [0.25, 0.3) is 0 Å². The molecule has 0 aromatic heterocycles. The van der Waals surface area contributed by atoms with Crippen LogP contribution in [-0.2, 0) is 19.1 Å². The molecule has 0 amide bonds. The Balaban J connectivity index is 1.47. The van der Waals surface area contributed by atoms with Crippen molar-refractivity contribution >= 4 is 11.9 Å². The van der Waals surface area contributed by atoms with E-state index >= 15 is 0 Å². The molecule has 6 rings (SSSR count). The van der Waals surface area contributed by atoms with Crippen molar-refractivity contribution in [1.82, 2.24) is 0 Å². The second-order valence-corrected chi connectivity index (χ2v) is 8.67. The number of carbonyl (C=O) groups is 2. The molecule has 3 atom stereocenters. The number of carbonyl (C=O) groups excluding carboxylic acids is 2. The van der Waals surface area contributed by atoms with Crippen LogP contribution in [-0.4, -0.2) is 25.2 Å². The van der Waals surface area contributed by atoms with Crippen LogP contribution < -0.4 is 0 Å². The highest BCUT2D eigenvalue weighted by Gasteiger charge is 2.48. The minimum Gasteiger partial charge on any atom is -0.468 e. The summed E-state index contributed by atoms with van der Waals surface area (Å²) in [6, 6.07) is 0. The molecule has 0 aromatic carbocycles. The van der Waals surface area contributed by atoms with Gasteiger partial charge < -0.3 is 9.47 Å². The molecule has 3 unspecified atom stereocenters. The van der Waals surface area contributed by atoms with Crippen LogP contribution in [0.15, 0.2) is 0 Å². The molecule has 6 saturated carbocycles. The van der Waals surface area contributed by atoms with Gasteiger partial charge in [0.15, 0.2) is 5.92 Å². The first kappa shape index (κ1) is 16.4. The third-order valence-electron chi connectivity index (χ3n) is 7.49. The van der Waals surface area contributed by atoms with E-state index in [0.29, 0.717) is 17.8 Å². The fraction of sp³-hybridized carbons (Fsp3) is 0.900. The van der Waals surface area contributed by atoms with Crippen molar-refractivity contribution in [1.29, 1.82) is 0 Å². The molecule has 134 valence electrons. The Morgan fingerprint density at radius 1 is 0.792 bits per heavy atom. The smallest absolute Gasteiger partial charge is 0.320 e. The van der Waals surface area contributed by atoms with Crippen molar-refractivity contribution in [2.75, 3.05) is 7.11 Å². The maximum Gasteiger partial charge on any atom is 0.320 e. The van der Waals surface area contributed by atoms with E-state index in [0.717, 1.165) is 31.6 Å². The Kier molecular flexibility index (Phi) is 4.57. The van der Waals surface area contributed by atoms with E-state index in [1.165, 1.54) is 45.6 Å². The molecule has 0 aromatic rings. The fourth-order valence-corrected chi connectivity index (χ4v) is 6.09. The molecule has 0 spiro atoms. The third kappa shape index (κ3) is 2.97. The Morgan fingerprint density at radius 2 is 1.38 bits per heavy atom. The molecule has 0 N–H and O–H groups in total. The van der Waals surface area contributed by atoms with Crippen LogP contribution in [0.3, 0.4) is 0 Å². The minimum absolute atomic E-state index is 0.0398. The summed E-state index contributed by atoms with van der Waals surface area (Å²) in [4.78, 5) is 25.3. The van der Waals surface area contributed by atoms with Crippen molar-refractivity contribution in [3.63, 3.8) is 0 Å². The van der Waals surface area contributed by atoms with Crippen LogP contribution >= 0.6 is 0 Å². The minimum atomic E-state index is -0.691. The van der Waals surface area contributed by atoms with Gasteiger partial charge in [-0.25, -0.2) is 0 Å². The van der Waals surface area contributed by atoms with Gasteiger partial charge in [-0.1, -0.05) is 12.8 Å². The van der Waals surface area contributed by atoms with Gasteiger partial charge in [-0.15, -0.1) is 0 Å². The summed E-state index contributed by atoms with van der Waals surface area (Å²) in [6.45, 7) is 0. The van der Waals surface area contributed by atoms with Crippen molar-refractivity contribution in [3.05, 3.63) is 0 Å². The first-order chi connectivity index (χ1) is 11.7. The molecular weight excluding hydrogens is 304 g/mol. The molecule has 0 saturated heterocycles. The van der Waals surface area contributed by atoms with Crippen LogP contribution in [0.5, 0.6) is 0 Å². The molecular formula is C20H30O4. The Hall–Kier alpha value is -1.06. The Labute approximate surface area is 144 Å². The largest absolute Gasteiger partial charge is 0.468 e. The lowest BCUT2D eigenvalue weighted by Gasteiger charge is -2.45. The summed E-state index contributed by atoms with van der Waals surface area (Å²) in [6.07, 6.45) is 11.8. The average Bonchev–Trinajstić information content (AvgIpc) is 2.64. The fourth-order valence-electron chi connectivity index (χ4n) is 6.09. The monoisotopic (exact) mass is 334 g/mol. The Bertz CT molecular complexity index is 486. The van der Waals surface area contributed by atoms with Crippen molar-refractivity contribution in [3.8, 4) is 0 Å². The summed E-state index contributed by atoms with van der Waals surface area (Å²) >= 11 is 0. The molecule has 6 aliphatic rings. The zero-order chi connectivity index (χ0) is 16.7. The lowest BCUT2D eigenvalue weighted by Crippen LogP contribution is -2.46. The quantitative estimate of drug-likeness (QED) is 0.581. The Morgan fingerprint density at radius 3 is 1.83 bits per heavy atom. The van der Waals surface area contributed by atoms with Crippen LogP contribution in [0, 0.1) is 35.5 Å². The second kappa shape index (κ2) is 6.68.